The maximum Gasteiger partial charge on any atom is 0.271 e. The van der Waals surface area contributed by atoms with Crippen molar-refractivity contribution in [1.29, 1.82) is 0 Å². The smallest absolute Gasteiger partial charge is 0.271 e. The highest BCUT2D eigenvalue weighted by atomic mass is 35.5. The summed E-state index contributed by atoms with van der Waals surface area (Å²) >= 11 is 8.96. The Morgan fingerprint density at radius 2 is 2.14 bits per heavy atom. The van der Waals surface area contributed by atoms with Gasteiger partial charge in [0.1, 0.15) is 0 Å². The molecule has 8 nitrogen and oxygen atoms in total. The van der Waals surface area contributed by atoms with Crippen LogP contribution in [0.5, 0.6) is 0 Å². The van der Waals surface area contributed by atoms with Gasteiger partial charge in [-0.15, -0.1) is 21.5 Å². The maximum absolute atomic E-state index is 12.3. The van der Waals surface area contributed by atoms with Gasteiger partial charge >= 0.3 is 0 Å². The van der Waals surface area contributed by atoms with Gasteiger partial charge in [-0.2, -0.15) is 0 Å². The molecule has 1 N–H and O–H groups in total. The normalized spacial score (nSPS) is 10.9. The Morgan fingerprint density at radius 1 is 1.34 bits per heavy atom. The molecular weight excluding hydrogens is 434 g/mol. The van der Waals surface area contributed by atoms with Crippen molar-refractivity contribution in [1.82, 2.24) is 14.8 Å². The molecule has 3 aromatic rings. The Kier molecular flexibility index (Phi) is 6.88. The monoisotopic (exact) mass is 451 g/mol. The Labute approximate surface area is 180 Å². The number of nitro benzene ring substituents is 1. The highest BCUT2D eigenvalue weighted by Gasteiger charge is 2.17. The molecule has 0 unspecified atom stereocenters. The van der Waals surface area contributed by atoms with Crippen LogP contribution in [-0.2, 0) is 17.8 Å². The first kappa shape index (κ1) is 21.3. The molecule has 0 radical (unpaired) electrons. The quantitative estimate of drug-likeness (QED) is 0.297. The van der Waals surface area contributed by atoms with E-state index >= 15 is 0 Å². The summed E-state index contributed by atoms with van der Waals surface area (Å²) in [6, 6.07) is 6.01. The van der Waals surface area contributed by atoms with Gasteiger partial charge in [-0.3, -0.25) is 14.9 Å². The highest BCUT2D eigenvalue weighted by molar-refractivity contribution is 7.99. The van der Waals surface area contributed by atoms with Crippen LogP contribution in [0.1, 0.15) is 18.7 Å². The van der Waals surface area contributed by atoms with Gasteiger partial charge in [0.15, 0.2) is 11.0 Å². The number of anilines is 1. The average Bonchev–Trinajstić information content (AvgIpc) is 3.33. The summed E-state index contributed by atoms with van der Waals surface area (Å²) < 4.78 is 1.96. The predicted octanol–water partition coefficient (Wildman–Crippen LogP) is 4.88. The van der Waals surface area contributed by atoms with E-state index in [1.165, 1.54) is 34.8 Å². The van der Waals surface area contributed by atoms with Gasteiger partial charge in [0.05, 0.1) is 21.4 Å². The Morgan fingerprint density at radius 3 is 2.79 bits per heavy atom. The van der Waals surface area contributed by atoms with Crippen LogP contribution >= 0.6 is 34.7 Å². The SMILES string of the molecule is CCc1cc(-c2nnc(SCC(=O)Nc3cc([N+](=O)[O-])ccc3Cl)n2CC)cs1. The van der Waals surface area contributed by atoms with Gasteiger partial charge in [-0.1, -0.05) is 30.3 Å². The molecule has 0 fully saturated rings. The molecule has 2 heterocycles. The number of non-ortho nitro benzene ring substituents is 1. The van der Waals surface area contributed by atoms with Gasteiger partial charge in [-0.05, 0) is 25.5 Å². The van der Waals surface area contributed by atoms with Gasteiger partial charge in [0.2, 0.25) is 5.91 Å². The van der Waals surface area contributed by atoms with Crippen molar-refractivity contribution in [2.24, 2.45) is 0 Å². The van der Waals surface area contributed by atoms with E-state index < -0.39 is 4.92 Å². The predicted molar refractivity (Wildman–Crippen MR) is 116 cm³/mol. The molecule has 0 atom stereocenters. The van der Waals surface area contributed by atoms with Gasteiger partial charge in [0.25, 0.3) is 5.69 Å². The second-order valence-corrected chi connectivity index (χ2v) is 8.31. The Balaban J connectivity index is 1.69. The zero-order chi connectivity index (χ0) is 21.0. The number of aromatic nitrogens is 3. The molecule has 0 bridgehead atoms. The van der Waals surface area contributed by atoms with Crippen molar-refractivity contribution in [2.45, 2.75) is 32.0 Å². The molecule has 1 amide bonds. The third-order valence-electron chi connectivity index (χ3n) is 4.06. The minimum atomic E-state index is -0.541. The molecule has 0 spiro atoms. The van der Waals surface area contributed by atoms with E-state index in [0.717, 1.165) is 17.8 Å². The van der Waals surface area contributed by atoms with E-state index in [9.17, 15) is 14.9 Å². The van der Waals surface area contributed by atoms with Gasteiger partial charge in [-0.25, -0.2) is 0 Å². The van der Waals surface area contributed by atoms with Gasteiger partial charge < -0.3 is 9.88 Å². The van der Waals surface area contributed by atoms with Crippen molar-refractivity contribution < 1.29 is 9.72 Å². The summed E-state index contributed by atoms with van der Waals surface area (Å²) in [6.07, 6.45) is 0.965. The van der Waals surface area contributed by atoms with Crippen LogP contribution in [0.3, 0.4) is 0 Å². The first-order valence-electron chi connectivity index (χ1n) is 8.80. The Bertz CT molecular complexity index is 1050. The molecule has 2 aromatic heterocycles. The van der Waals surface area contributed by atoms with Crippen molar-refractivity contribution in [3.05, 3.63) is 49.7 Å². The van der Waals surface area contributed by atoms with E-state index in [1.807, 2.05) is 11.5 Å². The first-order chi connectivity index (χ1) is 13.9. The number of hydrogen-bond acceptors (Lipinski definition) is 7. The van der Waals surface area contributed by atoms with Crippen LogP contribution in [0.4, 0.5) is 11.4 Å². The van der Waals surface area contributed by atoms with Crippen LogP contribution in [0.15, 0.2) is 34.8 Å². The number of carbonyl (C=O) groups excluding carboxylic acids is 1. The lowest BCUT2D eigenvalue weighted by atomic mass is 10.2. The zero-order valence-corrected chi connectivity index (χ0v) is 18.1. The number of nitrogens with one attached hydrogen (secondary N) is 1. The van der Waals surface area contributed by atoms with Crippen LogP contribution < -0.4 is 5.32 Å². The average molecular weight is 452 g/mol. The van der Waals surface area contributed by atoms with E-state index in [4.69, 9.17) is 11.6 Å². The zero-order valence-electron chi connectivity index (χ0n) is 15.7. The number of amides is 1. The number of rotatable bonds is 8. The molecule has 152 valence electrons. The van der Waals surface area contributed by atoms with E-state index in [0.29, 0.717) is 11.7 Å². The molecule has 0 aliphatic heterocycles. The molecular formula is C18H18ClN5O3S2. The number of nitrogens with zero attached hydrogens (tertiary/aromatic N) is 4. The van der Waals surface area contributed by atoms with Crippen molar-refractivity contribution >= 4 is 52.0 Å². The topological polar surface area (TPSA) is 103 Å². The number of halogens is 1. The van der Waals surface area contributed by atoms with E-state index in [2.05, 4.69) is 33.9 Å². The molecule has 1 aromatic carbocycles. The fourth-order valence-corrected chi connectivity index (χ4v) is 4.40. The molecule has 29 heavy (non-hydrogen) atoms. The fraction of sp³-hybridized carbons (Fsp3) is 0.278. The fourth-order valence-electron chi connectivity index (χ4n) is 2.62. The highest BCUT2D eigenvalue weighted by Crippen LogP contribution is 2.29. The van der Waals surface area contributed by atoms with Crippen LogP contribution in [0.25, 0.3) is 11.4 Å². The summed E-state index contributed by atoms with van der Waals surface area (Å²) in [4.78, 5) is 24.0. The summed E-state index contributed by atoms with van der Waals surface area (Å²) in [5.74, 6) is 0.502. The van der Waals surface area contributed by atoms with Crippen molar-refractivity contribution in [2.75, 3.05) is 11.1 Å². The number of benzene rings is 1. The summed E-state index contributed by atoms with van der Waals surface area (Å²) in [7, 11) is 0. The number of thiophene rings is 1. The molecule has 0 saturated heterocycles. The van der Waals surface area contributed by atoms with E-state index in [-0.39, 0.29) is 28.1 Å². The molecule has 11 heteroatoms. The minimum absolute atomic E-state index is 0.0704. The first-order valence-corrected chi connectivity index (χ1v) is 11.0. The summed E-state index contributed by atoms with van der Waals surface area (Å²) in [5.41, 5.74) is 1.07. The molecule has 0 aliphatic carbocycles. The van der Waals surface area contributed by atoms with Gasteiger partial charge in [0, 0.05) is 34.5 Å². The number of carbonyl (C=O) groups is 1. The second-order valence-electron chi connectivity index (χ2n) is 5.96. The van der Waals surface area contributed by atoms with Crippen LogP contribution in [-0.4, -0.2) is 31.3 Å². The summed E-state index contributed by atoms with van der Waals surface area (Å²) in [6.45, 7) is 4.76. The lowest BCUT2D eigenvalue weighted by Gasteiger charge is -2.08. The minimum Gasteiger partial charge on any atom is -0.324 e. The van der Waals surface area contributed by atoms with E-state index in [1.54, 1.807) is 11.3 Å². The lowest BCUT2D eigenvalue weighted by molar-refractivity contribution is -0.384. The Hall–Kier alpha value is -2.43. The lowest BCUT2D eigenvalue weighted by Crippen LogP contribution is -2.15. The number of hydrogen-bond donors (Lipinski definition) is 1. The third-order valence-corrected chi connectivity index (χ3v) is 6.44. The second kappa shape index (κ2) is 9.38. The largest absolute Gasteiger partial charge is 0.324 e. The maximum atomic E-state index is 12.3. The molecule has 3 rings (SSSR count). The number of nitro groups is 1. The van der Waals surface area contributed by atoms with Crippen LogP contribution in [0, 0.1) is 10.1 Å². The number of aryl methyl sites for hydroxylation is 1. The third kappa shape index (κ3) is 4.95. The summed E-state index contributed by atoms with van der Waals surface area (Å²) in [5, 5.41) is 24.9. The van der Waals surface area contributed by atoms with Crippen molar-refractivity contribution in [3.8, 4) is 11.4 Å². The molecule has 0 saturated carbocycles. The van der Waals surface area contributed by atoms with Crippen molar-refractivity contribution in [3.63, 3.8) is 0 Å². The molecule has 0 aliphatic rings. The standard InChI is InChI=1S/C18H18ClN5O3S2/c1-3-13-7-11(9-28-13)17-21-22-18(23(17)4-2)29-10-16(25)20-15-8-12(24(26)27)5-6-14(15)19/h5-9H,3-4,10H2,1-2H3,(H,20,25). The number of thioether (sulfide) groups is 1. The van der Waals surface area contributed by atoms with Crippen LogP contribution in [0.2, 0.25) is 5.02 Å².